The maximum Gasteiger partial charge on any atom is 0.407 e. The van der Waals surface area contributed by atoms with Gasteiger partial charge in [0.05, 0.1) is 25.4 Å². The highest BCUT2D eigenvalue weighted by Crippen LogP contribution is 2.36. The maximum absolute atomic E-state index is 11.5. The summed E-state index contributed by atoms with van der Waals surface area (Å²) >= 11 is 0. The molecule has 27 heavy (non-hydrogen) atoms. The minimum absolute atomic E-state index is 0.347. The molecule has 1 aliphatic rings. The Morgan fingerprint density at radius 1 is 1.33 bits per heavy atom. The average molecular weight is 371 g/mol. The topological polar surface area (TPSA) is 84.8 Å². The fourth-order valence-corrected chi connectivity index (χ4v) is 3.88. The number of H-pyrrole nitrogens is 1. The molecule has 1 aliphatic carbocycles. The first-order chi connectivity index (χ1) is 13.2. The van der Waals surface area contributed by atoms with Crippen molar-refractivity contribution in [2.45, 2.75) is 59.0 Å². The van der Waals surface area contributed by atoms with Gasteiger partial charge >= 0.3 is 6.09 Å². The van der Waals surface area contributed by atoms with Gasteiger partial charge < -0.3 is 19.6 Å². The van der Waals surface area contributed by atoms with E-state index in [1.807, 2.05) is 26.1 Å². The molecular weight excluding hydrogens is 342 g/mol. The summed E-state index contributed by atoms with van der Waals surface area (Å²) < 4.78 is 7.01. The molecule has 0 aromatic carbocycles. The Morgan fingerprint density at radius 2 is 2.07 bits per heavy atom. The molecule has 7 nitrogen and oxygen atoms in total. The molecule has 1 saturated carbocycles. The molecule has 0 bridgehead atoms. The van der Waals surface area contributed by atoms with E-state index >= 15 is 0 Å². The normalized spacial score (nSPS) is 19.6. The molecule has 0 spiro atoms. The van der Waals surface area contributed by atoms with Crippen molar-refractivity contribution >= 4 is 28.2 Å². The van der Waals surface area contributed by atoms with Crippen molar-refractivity contribution < 1.29 is 9.53 Å². The van der Waals surface area contributed by atoms with Crippen LogP contribution in [0, 0.1) is 5.92 Å². The number of amides is 1. The number of fused-ring (bicyclic) bond motifs is 3. The van der Waals surface area contributed by atoms with Crippen molar-refractivity contribution in [2.75, 3.05) is 7.11 Å². The zero-order valence-corrected chi connectivity index (χ0v) is 16.6. The number of aromatic amines is 1. The fraction of sp³-hybridized carbons (Fsp3) is 0.550. The summed E-state index contributed by atoms with van der Waals surface area (Å²) in [7, 11) is 1.37. The summed E-state index contributed by atoms with van der Waals surface area (Å²) in [6.45, 7) is 6.66. The van der Waals surface area contributed by atoms with Crippen molar-refractivity contribution in [3.63, 3.8) is 0 Å². The molecule has 7 heteroatoms. The highest BCUT2D eigenvalue weighted by atomic mass is 16.5. The molecule has 3 heterocycles. The number of hydrogen-bond acceptors (Lipinski definition) is 4. The maximum atomic E-state index is 11.5. The van der Waals surface area contributed by atoms with Crippen LogP contribution in [-0.2, 0) is 11.3 Å². The number of alkyl carbamates (subject to hydrolysis) is 1. The number of carbonyl (C=O) groups is 1. The second-order valence-corrected chi connectivity index (χ2v) is 6.89. The molecule has 3 aromatic heterocycles. The Balaban J connectivity index is 0.00000102. The predicted octanol–water partition coefficient (Wildman–Crippen LogP) is 4.55. The Kier molecular flexibility index (Phi) is 5.98. The second kappa shape index (κ2) is 8.41. The number of nitrogens with one attached hydrogen (secondary N) is 2. The first-order valence-corrected chi connectivity index (χ1v) is 9.82. The number of rotatable bonds is 3. The Bertz CT molecular complexity index is 906. The summed E-state index contributed by atoms with van der Waals surface area (Å²) in [6.07, 6.45) is 7.96. The molecule has 3 aromatic rings. The SMILES string of the molecule is CC.COC(=O)NCc1nc2cnc3[nH]ccc3c2n1C1CCC(C)CC1. The monoisotopic (exact) mass is 371 g/mol. The van der Waals surface area contributed by atoms with Crippen LogP contribution in [0.2, 0.25) is 0 Å². The smallest absolute Gasteiger partial charge is 0.407 e. The van der Waals surface area contributed by atoms with Crippen LogP contribution in [0.3, 0.4) is 0 Å². The van der Waals surface area contributed by atoms with E-state index in [1.165, 1.54) is 20.0 Å². The summed E-state index contributed by atoms with van der Waals surface area (Å²) in [5.41, 5.74) is 2.84. The lowest BCUT2D eigenvalue weighted by Crippen LogP contribution is -2.26. The van der Waals surface area contributed by atoms with Crippen molar-refractivity contribution in [2.24, 2.45) is 5.92 Å². The van der Waals surface area contributed by atoms with Crippen LogP contribution in [0.25, 0.3) is 22.1 Å². The fourth-order valence-electron chi connectivity index (χ4n) is 3.88. The number of nitrogens with zero attached hydrogens (tertiary/aromatic N) is 3. The van der Waals surface area contributed by atoms with E-state index in [1.54, 1.807) is 6.20 Å². The lowest BCUT2D eigenvalue weighted by atomic mass is 9.87. The van der Waals surface area contributed by atoms with E-state index < -0.39 is 6.09 Å². The Hall–Kier alpha value is -2.57. The molecule has 0 atom stereocenters. The van der Waals surface area contributed by atoms with Crippen molar-refractivity contribution in [3.05, 3.63) is 24.3 Å². The van der Waals surface area contributed by atoms with E-state index in [0.717, 1.165) is 46.7 Å². The van der Waals surface area contributed by atoms with Gasteiger partial charge in [0.15, 0.2) is 0 Å². The van der Waals surface area contributed by atoms with E-state index in [4.69, 9.17) is 9.72 Å². The van der Waals surface area contributed by atoms with Gasteiger partial charge in [0.1, 0.15) is 17.0 Å². The molecule has 4 rings (SSSR count). The molecule has 2 N–H and O–H groups in total. The lowest BCUT2D eigenvalue weighted by molar-refractivity contribution is 0.170. The van der Waals surface area contributed by atoms with E-state index in [2.05, 4.69) is 26.8 Å². The van der Waals surface area contributed by atoms with E-state index in [9.17, 15) is 4.79 Å². The van der Waals surface area contributed by atoms with E-state index in [0.29, 0.717) is 12.6 Å². The first-order valence-electron chi connectivity index (χ1n) is 9.82. The minimum Gasteiger partial charge on any atom is -0.453 e. The molecule has 0 unspecified atom stereocenters. The highest BCUT2D eigenvalue weighted by Gasteiger charge is 2.25. The third-order valence-electron chi connectivity index (χ3n) is 5.23. The van der Waals surface area contributed by atoms with Gasteiger partial charge in [0.2, 0.25) is 0 Å². The number of pyridine rings is 1. The zero-order valence-electron chi connectivity index (χ0n) is 16.6. The van der Waals surface area contributed by atoms with Gasteiger partial charge in [-0.2, -0.15) is 0 Å². The molecule has 0 aliphatic heterocycles. The molecule has 0 radical (unpaired) electrons. The van der Waals surface area contributed by atoms with E-state index in [-0.39, 0.29) is 0 Å². The van der Waals surface area contributed by atoms with Crippen molar-refractivity contribution in [1.82, 2.24) is 24.8 Å². The van der Waals surface area contributed by atoms with Crippen molar-refractivity contribution in [1.29, 1.82) is 0 Å². The van der Waals surface area contributed by atoms with Crippen LogP contribution in [0.1, 0.15) is 58.3 Å². The number of hydrogen-bond donors (Lipinski definition) is 2. The molecule has 0 saturated heterocycles. The second-order valence-electron chi connectivity index (χ2n) is 6.89. The van der Waals surface area contributed by atoms with Gasteiger partial charge in [-0.15, -0.1) is 0 Å². The van der Waals surface area contributed by atoms with Gasteiger partial charge in [-0.25, -0.2) is 14.8 Å². The highest BCUT2D eigenvalue weighted by molar-refractivity contribution is 6.01. The predicted molar refractivity (Wildman–Crippen MR) is 107 cm³/mol. The lowest BCUT2D eigenvalue weighted by Gasteiger charge is -2.29. The van der Waals surface area contributed by atoms with Gasteiger partial charge in [-0.3, -0.25) is 0 Å². The third-order valence-corrected chi connectivity index (χ3v) is 5.23. The molecule has 1 fully saturated rings. The van der Waals surface area contributed by atoms with Crippen LogP contribution < -0.4 is 5.32 Å². The summed E-state index contributed by atoms with van der Waals surface area (Å²) in [6, 6.07) is 2.45. The van der Waals surface area contributed by atoms with Gasteiger partial charge in [0.25, 0.3) is 0 Å². The number of aromatic nitrogens is 4. The van der Waals surface area contributed by atoms with Gasteiger partial charge in [0, 0.05) is 17.6 Å². The van der Waals surface area contributed by atoms with Crippen LogP contribution in [-0.4, -0.2) is 32.7 Å². The first kappa shape index (κ1) is 19.2. The summed E-state index contributed by atoms with van der Waals surface area (Å²) in [4.78, 5) is 23.9. The average Bonchev–Trinajstić information content (AvgIpc) is 3.32. The Labute approximate surface area is 159 Å². The van der Waals surface area contributed by atoms with Crippen molar-refractivity contribution in [3.8, 4) is 0 Å². The van der Waals surface area contributed by atoms with Crippen LogP contribution >= 0.6 is 0 Å². The number of methoxy groups -OCH3 is 1. The molecular formula is C20H29N5O2. The summed E-state index contributed by atoms with van der Waals surface area (Å²) in [5, 5.41) is 3.84. The Morgan fingerprint density at radius 3 is 2.78 bits per heavy atom. The number of ether oxygens (including phenoxy) is 1. The van der Waals surface area contributed by atoms with Gasteiger partial charge in [-0.1, -0.05) is 20.8 Å². The van der Waals surface area contributed by atoms with Crippen LogP contribution in [0.15, 0.2) is 18.5 Å². The largest absolute Gasteiger partial charge is 0.453 e. The summed E-state index contributed by atoms with van der Waals surface area (Å²) in [5.74, 6) is 1.63. The quantitative estimate of drug-likeness (QED) is 0.707. The molecule has 1 amide bonds. The standard InChI is InChI=1S/C18H23N5O2.C2H6/c1-11-3-5-12(6-4-11)23-15(10-21-18(24)25-2)22-14-9-20-17-13(16(14)23)7-8-19-17;1-2/h7-9,11-12H,3-6,10H2,1-2H3,(H,19,20)(H,21,24);1-2H3. The van der Waals surface area contributed by atoms with Gasteiger partial charge in [-0.05, 0) is 37.7 Å². The van der Waals surface area contributed by atoms with Crippen LogP contribution in [0.4, 0.5) is 4.79 Å². The zero-order chi connectivity index (χ0) is 19.4. The molecule has 146 valence electrons. The minimum atomic E-state index is -0.444. The third kappa shape index (κ3) is 3.77. The number of imidazole rings is 1. The number of carbonyl (C=O) groups excluding carboxylic acids is 1. The van der Waals surface area contributed by atoms with Crippen LogP contribution in [0.5, 0.6) is 0 Å².